The minimum absolute atomic E-state index is 0.324. The van der Waals surface area contributed by atoms with E-state index < -0.39 is 0 Å². The number of nitrogens with zero attached hydrogens (tertiary/aromatic N) is 2. The summed E-state index contributed by atoms with van der Waals surface area (Å²) in [5.74, 6) is 1.87. The summed E-state index contributed by atoms with van der Waals surface area (Å²) in [5.41, 5.74) is 9.13. The zero-order valence-electron chi connectivity index (χ0n) is 16.6. The van der Waals surface area contributed by atoms with Gasteiger partial charge in [-0.1, -0.05) is 35.9 Å². The average Bonchev–Trinajstić information content (AvgIpc) is 3.20. The van der Waals surface area contributed by atoms with Gasteiger partial charge in [0.15, 0.2) is 5.96 Å². The maximum atomic E-state index is 6.15. The van der Waals surface area contributed by atoms with E-state index in [0.29, 0.717) is 23.3 Å². The van der Waals surface area contributed by atoms with Crippen molar-refractivity contribution >= 4 is 23.2 Å². The zero-order chi connectivity index (χ0) is 20.6. The van der Waals surface area contributed by atoms with Gasteiger partial charge in [0.05, 0.1) is 31.5 Å². The fraction of sp³-hybridized carbons (Fsp3) is 0.227. The van der Waals surface area contributed by atoms with Crippen molar-refractivity contribution in [3.63, 3.8) is 0 Å². The maximum absolute atomic E-state index is 6.15. The number of aliphatic imine (C=N–C) groups is 1. The first kappa shape index (κ1) is 20.8. The number of ether oxygens (including phenoxy) is 1. The zero-order valence-corrected chi connectivity index (χ0v) is 17.3. The third-order valence-corrected chi connectivity index (χ3v) is 4.70. The Kier molecular flexibility index (Phi) is 7.16. The Bertz CT molecular complexity index is 957. The molecule has 0 unspecified atom stereocenters. The Morgan fingerprint density at radius 2 is 1.93 bits per heavy atom. The summed E-state index contributed by atoms with van der Waals surface area (Å²) >= 11 is 6.15. The first-order valence-corrected chi connectivity index (χ1v) is 9.61. The molecule has 0 atom stereocenters. The second kappa shape index (κ2) is 10.0. The predicted molar refractivity (Wildman–Crippen MR) is 117 cm³/mol. The van der Waals surface area contributed by atoms with Crippen molar-refractivity contribution < 1.29 is 9.15 Å². The molecule has 1 heterocycles. The minimum Gasteiger partial charge on any atom is -0.495 e. The molecule has 3 rings (SSSR count). The lowest BCUT2D eigenvalue weighted by molar-refractivity contribution is 0.287. The van der Waals surface area contributed by atoms with Crippen molar-refractivity contribution in [2.24, 2.45) is 10.7 Å². The number of hydrogen-bond acceptors (Lipinski definition) is 4. The SMILES string of the molecule is COc1ccc(NC(N)=NCc2ccccc2CN(C)Cc2ccco2)cc1Cl. The fourth-order valence-electron chi connectivity index (χ4n) is 2.98. The van der Waals surface area contributed by atoms with Gasteiger partial charge in [-0.3, -0.25) is 4.90 Å². The smallest absolute Gasteiger partial charge is 0.193 e. The normalized spacial score (nSPS) is 11.7. The summed E-state index contributed by atoms with van der Waals surface area (Å²) in [6.45, 7) is 2.01. The lowest BCUT2D eigenvalue weighted by Gasteiger charge is -2.17. The summed E-state index contributed by atoms with van der Waals surface area (Å²) in [5, 5.41) is 3.57. The standard InChI is InChI=1S/C22H25ClN4O2/c1-27(15-19-8-5-11-29-19)14-17-7-4-3-6-16(17)13-25-22(24)26-18-9-10-21(28-2)20(23)12-18/h3-12H,13-15H2,1-2H3,(H3,24,25,26). The van der Waals surface area contributed by atoms with Crippen LogP contribution < -0.4 is 15.8 Å². The van der Waals surface area contributed by atoms with E-state index in [9.17, 15) is 0 Å². The van der Waals surface area contributed by atoms with Gasteiger partial charge in [0.1, 0.15) is 11.5 Å². The summed E-state index contributed by atoms with van der Waals surface area (Å²) in [6.07, 6.45) is 1.69. The average molecular weight is 413 g/mol. The molecule has 6 nitrogen and oxygen atoms in total. The van der Waals surface area contributed by atoms with E-state index in [1.165, 1.54) is 5.56 Å². The van der Waals surface area contributed by atoms with Crippen LogP contribution in [-0.4, -0.2) is 25.0 Å². The largest absolute Gasteiger partial charge is 0.495 e. The Hall–Kier alpha value is -2.96. The number of nitrogens with two attached hydrogens (primary N) is 1. The second-order valence-electron chi connectivity index (χ2n) is 6.70. The van der Waals surface area contributed by atoms with Gasteiger partial charge in [-0.15, -0.1) is 0 Å². The Labute approximate surface area is 175 Å². The number of anilines is 1. The lowest BCUT2D eigenvalue weighted by Crippen LogP contribution is -2.23. The highest BCUT2D eigenvalue weighted by atomic mass is 35.5. The number of nitrogens with one attached hydrogen (secondary N) is 1. The number of guanidine groups is 1. The number of benzene rings is 2. The lowest BCUT2D eigenvalue weighted by atomic mass is 10.1. The van der Waals surface area contributed by atoms with Crippen LogP contribution in [0.2, 0.25) is 5.02 Å². The first-order chi connectivity index (χ1) is 14.0. The molecule has 0 aliphatic rings. The predicted octanol–water partition coefficient (Wildman–Crippen LogP) is 4.50. The third kappa shape index (κ3) is 6.01. The van der Waals surface area contributed by atoms with Crippen LogP contribution in [0.4, 0.5) is 5.69 Å². The van der Waals surface area contributed by atoms with E-state index in [2.05, 4.69) is 34.4 Å². The van der Waals surface area contributed by atoms with E-state index >= 15 is 0 Å². The van der Waals surface area contributed by atoms with Crippen molar-refractivity contribution in [3.05, 3.63) is 82.8 Å². The van der Waals surface area contributed by atoms with E-state index in [1.807, 2.05) is 30.3 Å². The van der Waals surface area contributed by atoms with Crippen molar-refractivity contribution in [2.75, 3.05) is 19.5 Å². The van der Waals surface area contributed by atoms with Crippen LogP contribution in [-0.2, 0) is 19.6 Å². The molecular formula is C22H25ClN4O2. The minimum atomic E-state index is 0.324. The number of halogens is 1. The van der Waals surface area contributed by atoms with Crippen molar-refractivity contribution in [2.45, 2.75) is 19.6 Å². The molecule has 0 saturated heterocycles. The molecular weight excluding hydrogens is 388 g/mol. The van der Waals surface area contributed by atoms with Gasteiger partial charge in [0, 0.05) is 12.2 Å². The van der Waals surface area contributed by atoms with Crippen LogP contribution in [0.3, 0.4) is 0 Å². The van der Waals surface area contributed by atoms with Crippen LogP contribution in [0.1, 0.15) is 16.9 Å². The molecule has 0 aliphatic heterocycles. The highest BCUT2D eigenvalue weighted by molar-refractivity contribution is 6.32. The van der Waals surface area contributed by atoms with Crippen molar-refractivity contribution in [3.8, 4) is 5.75 Å². The second-order valence-corrected chi connectivity index (χ2v) is 7.10. The first-order valence-electron chi connectivity index (χ1n) is 9.23. The van der Waals surface area contributed by atoms with E-state index in [1.54, 1.807) is 25.5 Å². The molecule has 29 heavy (non-hydrogen) atoms. The number of hydrogen-bond donors (Lipinski definition) is 2. The quantitative estimate of drug-likeness (QED) is 0.420. The Balaban J connectivity index is 1.63. The molecule has 0 aliphatic carbocycles. The molecule has 0 bridgehead atoms. The van der Waals surface area contributed by atoms with Gasteiger partial charge < -0.3 is 20.2 Å². The van der Waals surface area contributed by atoms with Crippen LogP contribution in [0.5, 0.6) is 5.75 Å². The molecule has 0 spiro atoms. The Morgan fingerprint density at radius 1 is 1.14 bits per heavy atom. The molecule has 7 heteroatoms. The molecule has 2 aromatic carbocycles. The molecule has 0 saturated carbocycles. The topological polar surface area (TPSA) is 76.0 Å². The summed E-state index contributed by atoms with van der Waals surface area (Å²) in [4.78, 5) is 6.67. The van der Waals surface area contributed by atoms with Crippen molar-refractivity contribution in [1.82, 2.24) is 4.90 Å². The van der Waals surface area contributed by atoms with Gasteiger partial charge in [0.25, 0.3) is 0 Å². The molecule has 0 radical (unpaired) electrons. The monoisotopic (exact) mass is 412 g/mol. The van der Waals surface area contributed by atoms with Crippen molar-refractivity contribution in [1.29, 1.82) is 0 Å². The highest BCUT2D eigenvalue weighted by Crippen LogP contribution is 2.27. The summed E-state index contributed by atoms with van der Waals surface area (Å²) in [6, 6.07) is 17.5. The molecule has 0 fully saturated rings. The molecule has 3 N–H and O–H groups in total. The van der Waals surface area contributed by atoms with E-state index in [0.717, 1.165) is 30.1 Å². The molecule has 152 valence electrons. The fourth-order valence-corrected chi connectivity index (χ4v) is 3.24. The maximum Gasteiger partial charge on any atom is 0.193 e. The number of furan rings is 1. The van der Waals surface area contributed by atoms with Gasteiger partial charge in [-0.25, -0.2) is 4.99 Å². The number of methoxy groups -OCH3 is 1. The Morgan fingerprint density at radius 3 is 2.62 bits per heavy atom. The van der Waals surface area contributed by atoms with E-state index in [4.69, 9.17) is 26.5 Å². The number of rotatable bonds is 8. The van der Waals surface area contributed by atoms with Crippen LogP contribution in [0.25, 0.3) is 0 Å². The highest BCUT2D eigenvalue weighted by Gasteiger charge is 2.08. The molecule has 3 aromatic rings. The van der Waals surface area contributed by atoms with Crippen LogP contribution in [0, 0.1) is 0 Å². The van der Waals surface area contributed by atoms with Gasteiger partial charge in [0.2, 0.25) is 0 Å². The van der Waals surface area contributed by atoms with Gasteiger partial charge in [-0.05, 0) is 48.5 Å². The van der Waals surface area contributed by atoms with Crippen LogP contribution in [0.15, 0.2) is 70.3 Å². The van der Waals surface area contributed by atoms with Crippen LogP contribution >= 0.6 is 11.6 Å². The van der Waals surface area contributed by atoms with Gasteiger partial charge >= 0.3 is 0 Å². The molecule has 0 amide bonds. The van der Waals surface area contributed by atoms with E-state index in [-0.39, 0.29) is 0 Å². The third-order valence-electron chi connectivity index (χ3n) is 4.41. The van der Waals surface area contributed by atoms with Gasteiger partial charge in [-0.2, -0.15) is 0 Å². The molecule has 1 aromatic heterocycles. The summed E-state index contributed by atoms with van der Waals surface area (Å²) < 4.78 is 10.6. The summed E-state index contributed by atoms with van der Waals surface area (Å²) in [7, 11) is 3.64.